The standard InChI is InChI=1S/C17H27N3/c1-3-6-16-11-19-17(2,14-8-9-14)13-20(16)12-15-7-4-5-10-18-15/h4-5,7,10,14,16,19H,3,6,8-9,11-13H2,1-2H3. The summed E-state index contributed by atoms with van der Waals surface area (Å²) in [6.45, 7) is 7.99. The smallest absolute Gasteiger partial charge is 0.0544 e. The van der Waals surface area contributed by atoms with Gasteiger partial charge in [-0.05, 0) is 44.2 Å². The van der Waals surface area contributed by atoms with Crippen LogP contribution in [0.5, 0.6) is 0 Å². The minimum absolute atomic E-state index is 0.318. The van der Waals surface area contributed by atoms with Crippen LogP contribution in [0.15, 0.2) is 24.4 Å². The average molecular weight is 273 g/mol. The van der Waals surface area contributed by atoms with E-state index in [1.54, 1.807) is 0 Å². The van der Waals surface area contributed by atoms with Crippen molar-refractivity contribution in [2.75, 3.05) is 13.1 Å². The molecule has 0 radical (unpaired) electrons. The summed E-state index contributed by atoms with van der Waals surface area (Å²) in [4.78, 5) is 7.18. The highest BCUT2D eigenvalue weighted by Crippen LogP contribution is 2.41. The molecule has 3 heteroatoms. The van der Waals surface area contributed by atoms with Crippen molar-refractivity contribution < 1.29 is 0 Å². The maximum absolute atomic E-state index is 4.51. The van der Waals surface area contributed by atoms with Gasteiger partial charge < -0.3 is 5.32 Å². The van der Waals surface area contributed by atoms with Crippen molar-refractivity contribution in [1.82, 2.24) is 15.2 Å². The van der Waals surface area contributed by atoms with E-state index in [-0.39, 0.29) is 0 Å². The number of hydrogen-bond acceptors (Lipinski definition) is 3. The van der Waals surface area contributed by atoms with Crippen LogP contribution in [-0.2, 0) is 6.54 Å². The molecule has 3 rings (SSSR count). The van der Waals surface area contributed by atoms with E-state index in [9.17, 15) is 0 Å². The summed E-state index contributed by atoms with van der Waals surface area (Å²) in [6, 6.07) is 6.91. The Morgan fingerprint density at radius 1 is 1.40 bits per heavy atom. The number of nitrogens with zero attached hydrogens (tertiary/aromatic N) is 2. The lowest BCUT2D eigenvalue weighted by Gasteiger charge is -2.46. The molecular weight excluding hydrogens is 246 g/mol. The van der Waals surface area contributed by atoms with Gasteiger partial charge in [-0.15, -0.1) is 0 Å². The first kappa shape index (κ1) is 14.0. The van der Waals surface area contributed by atoms with E-state index in [0.717, 1.165) is 19.0 Å². The summed E-state index contributed by atoms with van der Waals surface area (Å²) in [5.41, 5.74) is 1.52. The third-order valence-electron chi connectivity index (χ3n) is 4.98. The average Bonchev–Trinajstić information content (AvgIpc) is 3.28. The third kappa shape index (κ3) is 3.04. The van der Waals surface area contributed by atoms with Gasteiger partial charge in [0.2, 0.25) is 0 Å². The maximum atomic E-state index is 4.51. The lowest BCUT2D eigenvalue weighted by atomic mass is 9.90. The summed E-state index contributed by atoms with van der Waals surface area (Å²) >= 11 is 0. The first-order valence-corrected chi connectivity index (χ1v) is 8.10. The minimum Gasteiger partial charge on any atom is -0.308 e. The van der Waals surface area contributed by atoms with Crippen molar-refractivity contribution in [3.8, 4) is 0 Å². The zero-order valence-electron chi connectivity index (χ0n) is 12.8. The van der Waals surface area contributed by atoms with E-state index in [1.807, 2.05) is 12.3 Å². The summed E-state index contributed by atoms with van der Waals surface area (Å²) in [7, 11) is 0. The number of pyridine rings is 1. The predicted octanol–water partition coefficient (Wildman–Crippen LogP) is 2.82. The van der Waals surface area contributed by atoms with Gasteiger partial charge in [0, 0.05) is 37.4 Å². The molecule has 1 saturated heterocycles. The van der Waals surface area contributed by atoms with Crippen LogP contribution in [0.4, 0.5) is 0 Å². The fourth-order valence-corrected chi connectivity index (χ4v) is 3.58. The van der Waals surface area contributed by atoms with E-state index >= 15 is 0 Å². The first-order chi connectivity index (χ1) is 9.71. The van der Waals surface area contributed by atoms with Gasteiger partial charge in [-0.1, -0.05) is 19.4 Å². The molecule has 0 aromatic carbocycles. The largest absolute Gasteiger partial charge is 0.308 e. The number of hydrogen-bond donors (Lipinski definition) is 1. The normalized spacial score (nSPS) is 31.4. The Balaban J connectivity index is 1.71. The predicted molar refractivity (Wildman–Crippen MR) is 82.5 cm³/mol. The number of piperazine rings is 1. The van der Waals surface area contributed by atoms with Crippen molar-refractivity contribution in [2.24, 2.45) is 5.92 Å². The van der Waals surface area contributed by atoms with Gasteiger partial charge >= 0.3 is 0 Å². The van der Waals surface area contributed by atoms with Crippen molar-refractivity contribution in [1.29, 1.82) is 0 Å². The van der Waals surface area contributed by atoms with Crippen molar-refractivity contribution in [3.05, 3.63) is 30.1 Å². The van der Waals surface area contributed by atoms with Gasteiger partial charge in [-0.25, -0.2) is 0 Å². The van der Waals surface area contributed by atoms with E-state index in [0.29, 0.717) is 11.6 Å². The Morgan fingerprint density at radius 3 is 2.90 bits per heavy atom. The van der Waals surface area contributed by atoms with Crippen LogP contribution >= 0.6 is 0 Å². The monoisotopic (exact) mass is 273 g/mol. The fourth-order valence-electron chi connectivity index (χ4n) is 3.58. The summed E-state index contributed by atoms with van der Waals surface area (Å²) in [5.74, 6) is 0.885. The number of aromatic nitrogens is 1. The van der Waals surface area contributed by atoms with Gasteiger partial charge in [-0.3, -0.25) is 9.88 Å². The second-order valence-corrected chi connectivity index (χ2v) is 6.74. The molecule has 2 unspecified atom stereocenters. The highest BCUT2D eigenvalue weighted by molar-refractivity contribution is 5.08. The summed E-state index contributed by atoms with van der Waals surface area (Å²) in [5, 5.41) is 3.85. The lowest BCUT2D eigenvalue weighted by molar-refractivity contribution is 0.0629. The topological polar surface area (TPSA) is 28.2 Å². The van der Waals surface area contributed by atoms with E-state index < -0.39 is 0 Å². The molecule has 1 aromatic heterocycles. The number of nitrogens with one attached hydrogen (secondary N) is 1. The second-order valence-electron chi connectivity index (χ2n) is 6.74. The Kier molecular flexibility index (Phi) is 4.08. The highest BCUT2D eigenvalue weighted by atomic mass is 15.3. The molecule has 1 aromatic rings. The molecule has 2 heterocycles. The highest BCUT2D eigenvalue weighted by Gasteiger charge is 2.45. The zero-order chi connectivity index (χ0) is 14.0. The first-order valence-electron chi connectivity index (χ1n) is 8.10. The van der Waals surface area contributed by atoms with Crippen LogP contribution in [0, 0.1) is 5.92 Å². The minimum atomic E-state index is 0.318. The van der Waals surface area contributed by atoms with Crippen LogP contribution in [0.3, 0.4) is 0 Å². The Hall–Kier alpha value is -0.930. The third-order valence-corrected chi connectivity index (χ3v) is 4.98. The molecule has 2 atom stereocenters. The van der Waals surface area contributed by atoms with Crippen LogP contribution in [0.2, 0.25) is 0 Å². The number of rotatable bonds is 5. The lowest BCUT2D eigenvalue weighted by Crippen LogP contribution is -2.63. The van der Waals surface area contributed by atoms with E-state index in [4.69, 9.17) is 0 Å². The van der Waals surface area contributed by atoms with E-state index in [2.05, 4.69) is 41.2 Å². The van der Waals surface area contributed by atoms with Gasteiger partial charge in [-0.2, -0.15) is 0 Å². The molecule has 1 N–H and O–H groups in total. The quantitative estimate of drug-likeness (QED) is 0.894. The fraction of sp³-hybridized carbons (Fsp3) is 0.706. The van der Waals surface area contributed by atoms with Crippen molar-refractivity contribution in [3.63, 3.8) is 0 Å². The van der Waals surface area contributed by atoms with Crippen molar-refractivity contribution in [2.45, 2.75) is 57.7 Å². The van der Waals surface area contributed by atoms with Crippen LogP contribution in [-0.4, -0.2) is 34.6 Å². The van der Waals surface area contributed by atoms with Gasteiger partial charge in [0.1, 0.15) is 0 Å². The maximum Gasteiger partial charge on any atom is 0.0544 e. The molecule has 110 valence electrons. The second kappa shape index (κ2) is 5.82. The van der Waals surface area contributed by atoms with E-state index in [1.165, 1.54) is 37.9 Å². The summed E-state index contributed by atoms with van der Waals surface area (Å²) in [6.07, 6.45) is 7.25. The molecule has 1 aliphatic heterocycles. The SMILES string of the molecule is CCCC1CNC(C)(C2CC2)CN1Cc1ccccn1. The van der Waals surface area contributed by atoms with Crippen LogP contribution < -0.4 is 5.32 Å². The molecule has 2 aliphatic rings. The summed E-state index contributed by atoms with van der Waals surface area (Å²) < 4.78 is 0. The van der Waals surface area contributed by atoms with Gasteiger partial charge in [0.05, 0.1) is 5.69 Å². The molecular formula is C17H27N3. The molecule has 3 nitrogen and oxygen atoms in total. The van der Waals surface area contributed by atoms with Crippen LogP contribution in [0.25, 0.3) is 0 Å². The molecule has 0 amide bonds. The van der Waals surface area contributed by atoms with Gasteiger partial charge in [0.25, 0.3) is 0 Å². The Morgan fingerprint density at radius 2 is 2.25 bits per heavy atom. The molecule has 20 heavy (non-hydrogen) atoms. The van der Waals surface area contributed by atoms with Gasteiger partial charge in [0.15, 0.2) is 0 Å². The van der Waals surface area contributed by atoms with Crippen molar-refractivity contribution >= 4 is 0 Å². The molecule has 0 bridgehead atoms. The molecule has 0 spiro atoms. The Bertz CT molecular complexity index is 429. The Labute approximate surface area is 122 Å². The molecule has 2 fully saturated rings. The van der Waals surface area contributed by atoms with Crippen LogP contribution in [0.1, 0.15) is 45.2 Å². The molecule has 1 aliphatic carbocycles. The molecule has 1 saturated carbocycles. The zero-order valence-corrected chi connectivity index (χ0v) is 12.8.